The van der Waals surface area contributed by atoms with Crippen molar-refractivity contribution in [3.63, 3.8) is 0 Å². The molecule has 3 heterocycles. The molecule has 3 saturated heterocycles. The van der Waals surface area contributed by atoms with Crippen molar-refractivity contribution in [2.24, 2.45) is 5.92 Å². The van der Waals surface area contributed by atoms with Crippen LogP contribution in [0.25, 0.3) is 0 Å². The molecule has 0 amide bonds. The number of fused-ring (bicyclic) bond motifs is 1. The van der Waals surface area contributed by atoms with Gasteiger partial charge >= 0.3 is 5.97 Å². The number of hydrogen-bond acceptors (Lipinski definition) is 4. The SMILES string of the molecule is C=CC(=O)OC1C2CC3C(O2)C1OC3(C)C. The third-order valence-electron chi connectivity index (χ3n) is 3.98. The molecule has 0 saturated carbocycles. The first kappa shape index (κ1) is 10.3. The zero-order valence-electron chi connectivity index (χ0n) is 9.51. The van der Waals surface area contributed by atoms with Gasteiger partial charge in [0.2, 0.25) is 0 Å². The maximum atomic E-state index is 11.2. The summed E-state index contributed by atoms with van der Waals surface area (Å²) in [5.74, 6) is 0.0344. The summed E-state index contributed by atoms with van der Waals surface area (Å²) in [4.78, 5) is 11.2. The fourth-order valence-corrected chi connectivity index (χ4v) is 3.23. The van der Waals surface area contributed by atoms with Crippen molar-refractivity contribution >= 4 is 5.97 Å². The van der Waals surface area contributed by atoms with Crippen LogP contribution in [-0.4, -0.2) is 36.0 Å². The summed E-state index contributed by atoms with van der Waals surface area (Å²) in [7, 11) is 0. The maximum Gasteiger partial charge on any atom is 0.330 e. The highest BCUT2D eigenvalue weighted by molar-refractivity contribution is 5.81. The van der Waals surface area contributed by atoms with Crippen LogP contribution in [0.3, 0.4) is 0 Å². The van der Waals surface area contributed by atoms with E-state index < -0.39 is 5.97 Å². The zero-order chi connectivity index (χ0) is 11.5. The standard InChI is InChI=1S/C12H16O4/c1-4-8(13)15-10-7-5-6-9(14-7)11(10)16-12(6,2)3/h4,6-7,9-11H,1,5H2,2-3H3. The normalized spacial score (nSPS) is 47.0. The van der Waals surface area contributed by atoms with E-state index in [0.29, 0.717) is 5.92 Å². The van der Waals surface area contributed by atoms with Gasteiger partial charge in [0.25, 0.3) is 0 Å². The molecule has 0 aliphatic carbocycles. The summed E-state index contributed by atoms with van der Waals surface area (Å²) in [5.41, 5.74) is -0.167. The largest absolute Gasteiger partial charge is 0.454 e. The van der Waals surface area contributed by atoms with Crippen molar-refractivity contribution in [2.75, 3.05) is 0 Å². The molecule has 0 aromatic carbocycles. The molecule has 0 aromatic rings. The van der Waals surface area contributed by atoms with E-state index in [2.05, 4.69) is 20.4 Å². The Kier molecular flexibility index (Phi) is 1.98. The molecule has 3 aliphatic rings. The highest BCUT2D eigenvalue weighted by Gasteiger charge is 2.66. The van der Waals surface area contributed by atoms with E-state index in [-0.39, 0.29) is 30.0 Å². The molecule has 3 fully saturated rings. The Morgan fingerprint density at radius 3 is 2.94 bits per heavy atom. The highest BCUT2D eigenvalue weighted by Crippen LogP contribution is 2.53. The Balaban J connectivity index is 1.81. The molecule has 4 nitrogen and oxygen atoms in total. The van der Waals surface area contributed by atoms with Crippen molar-refractivity contribution < 1.29 is 19.0 Å². The van der Waals surface area contributed by atoms with Gasteiger partial charge in [0.05, 0.1) is 17.8 Å². The predicted molar refractivity (Wildman–Crippen MR) is 55.8 cm³/mol. The molecule has 0 aromatic heterocycles. The molecule has 5 unspecified atom stereocenters. The van der Waals surface area contributed by atoms with Crippen LogP contribution in [0.2, 0.25) is 0 Å². The third-order valence-corrected chi connectivity index (χ3v) is 3.98. The van der Waals surface area contributed by atoms with E-state index in [1.165, 1.54) is 6.08 Å². The van der Waals surface area contributed by atoms with Crippen LogP contribution in [0, 0.1) is 5.92 Å². The molecule has 2 bridgehead atoms. The summed E-state index contributed by atoms with van der Waals surface area (Å²) in [5, 5.41) is 0. The molecule has 88 valence electrons. The molecule has 16 heavy (non-hydrogen) atoms. The second kappa shape index (κ2) is 3.08. The van der Waals surface area contributed by atoms with Crippen LogP contribution in [0.15, 0.2) is 12.7 Å². The summed E-state index contributed by atoms with van der Waals surface area (Å²) >= 11 is 0. The number of rotatable bonds is 2. The second-order valence-electron chi connectivity index (χ2n) is 5.27. The van der Waals surface area contributed by atoms with E-state index in [9.17, 15) is 4.79 Å². The molecule has 4 heteroatoms. The van der Waals surface area contributed by atoms with Gasteiger partial charge in [0, 0.05) is 12.0 Å². The number of carbonyl (C=O) groups is 1. The van der Waals surface area contributed by atoms with E-state index in [1.54, 1.807) is 0 Å². The fraction of sp³-hybridized carbons (Fsp3) is 0.750. The average molecular weight is 224 g/mol. The van der Waals surface area contributed by atoms with Gasteiger partial charge in [-0.3, -0.25) is 0 Å². The van der Waals surface area contributed by atoms with Crippen LogP contribution in [-0.2, 0) is 19.0 Å². The first-order valence-corrected chi connectivity index (χ1v) is 5.69. The van der Waals surface area contributed by atoms with Gasteiger partial charge in [-0.15, -0.1) is 0 Å². The summed E-state index contributed by atoms with van der Waals surface area (Å²) in [6, 6.07) is 0. The van der Waals surface area contributed by atoms with Gasteiger partial charge in [-0.05, 0) is 20.3 Å². The lowest BCUT2D eigenvalue weighted by Gasteiger charge is -2.23. The van der Waals surface area contributed by atoms with Gasteiger partial charge in [0.1, 0.15) is 6.10 Å². The molecular weight excluding hydrogens is 208 g/mol. The molecule has 0 radical (unpaired) electrons. The van der Waals surface area contributed by atoms with Crippen LogP contribution in [0.1, 0.15) is 20.3 Å². The minimum absolute atomic E-state index is 0.00525. The monoisotopic (exact) mass is 224 g/mol. The smallest absolute Gasteiger partial charge is 0.330 e. The first-order valence-electron chi connectivity index (χ1n) is 5.69. The van der Waals surface area contributed by atoms with Crippen molar-refractivity contribution in [3.05, 3.63) is 12.7 Å². The molecule has 3 aliphatic heterocycles. The Hall–Kier alpha value is -0.870. The van der Waals surface area contributed by atoms with Crippen LogP contribution < -0.4 is 0 Å². The highest BCUT2D eigenvalue weighted by atomic mass is 16.6. The average Bonchev–Trinajstić information content (AvgIpc) is 2.81. The predicted octanol–water partition coefficient (Wildman–Crippen LogP) is 1.05. The number of esters is 1. The van der Waals surface area contributed by atoms with Crippen molar-refractivity contribution in [3.8, 4) is 0 Å². The molecule has 5 atom stereocenters. The van der Waals surface area contributed by atoms with Crippen molar-refractivity contribution in [1.29, 1.82) is 0 Å². The van der Waals surface area contributed by atoms with Crippen LogP contribution in [0.4, 0.5) is 0 Å². The van der Waals surface area contributed by atoms with Crippen molar-refractivity contribution in [1.82, 2.24) is 0 Å². The van der Waals surface area contributed by atoms with Gasteiger partial charge in [-0.2, -0.15) is 0 Å². The first-order chi connectivity index (χ1) is 7.53. The summed E-state index contributed by atoms with van der Waals surface area (Å²) in [6.45, 7) is 7.55. The maximum absolute atomic E-state index is 11.2. The van der Waals surface area contributed by atoms with Gasteiger partial charge in [-0.1, -0.05) is 6.58 Å². The second-order valence-corrected chi connectivity index (χ2v) is 5.27. The fourth-order valence-electron chi connectivity index (χ4n) is 3.23. The minimum Gasteiger partial charge on any atom is -0.454 e. The van der Waals surface area contributed by atoms with E-state index in [1.807, 2.05) is 0 Å². The van der Waals surface area contributed by atoms with Crippen molar-refractivity contribution in [2.45, 2.75) is 50.3 Å². The quantitative estimate of drug-likeness (QED) is 0.519. The van der Waals surface area contributed by atoms with Crippen LogP contribution >= 0.6 is 0 Å². The molecular formula is C12H16O4. The van der Waals surface area contributed by atoms with Gasteiger partial charge in [0.15, 0.2) is 6.10 Å². The Bertz CT molecular complexity index is 349. The van der Waals surface area contributed by atoms with Crippen LogP contribution in [0.5, 0.6) is 0 Å². The molecule has 3 rings (SSSR count). The summed E-state index contributed by atoms with van der Waals surface area (Å²) < 4.78 is 17.1. The number of carbonyl (C=O) groups excluding carboxylic acids is 1. The lowest BCUT2D eigenvalue weighted by Crippen LogP contribution is -2.39. The molecule has 0 spiro atoms. The minimum atomic E-state index is -0.397. The number of hydrogen-bond donors (Lipinski definition) is 0. The number of ether oxygens (including phenoxy) is 3. The lowest BCUT2D eigenvalue weighted by atomic mass is 9.80. The lowest BCUT2D eigenvalue weighted by molar-refractivity contribution is -0.152. The Labute approximate surface area is 94.5 Å². The Morgan fingerprint density at radius 2 is 2.25 bits per heavy atom. The van der Waals surface area contributed by atoms with Gasteiger partial charge < -0.3 is 14.2 Å². The van der Waals surface area contributed by atoms with E-state index in [0.717, 1.165) is 6.42 Å². The van der Waals surface area contributed by atoms with Gasteiger partial charge in [-0.25, -0.2) is 4.79 Å². The zero-order valence-corrected chi connectivity index (χ0v) is 9.51. The van der Waals surface area contributed by atoms with E-state index >= 15 is 0 Å². The molecule has 0 N–H and O–H groups in total. The van der Waals surface area contributed by atoms with E-state index in [4.69, 9.17) is 14.2 Å². The topological polar surface area (TPSA) is 44.8 Å². The third kappa shape index (κ3) is 1.20. The Morgan fingerprint density at radius 1 is 1.50 bits per heavy atom. The summed E-state index contributed by atoms with van der Waals surface area (Å²) in [6.07, 6.45) is 1.86.